The number of aromatic nitrogens is 2. The van der Waals surface area contributed by atoms with E-state index in [0.29, 0.717) is 31.8 Å². The van der Waals surface area contributed by atoms with Crippen LogP contribution in [0.5, 0.6) is 0 Å². The summed E-state index contributed by atoms with van der Waals surface area (Å²) >= 11 is 0. The third kappa shape index (κ3) is 5.13. The number of carbonyl (C=O) groups excluding carboxylic acids is 1. The highest BCUT2D eigenvalue weighted by Crippen LogP contribution is 2.19. The van der Waals surface area contributed by atoms with E-state index in [0.717, 1.165) is 5.82 Å². The number of carbonyl (C=O) groups is 1. The summed E-state index contributed by atoms with van der Waals surface area (Å²) in [5.41, 5.74) is 5.28. The molecule has 0 aliphatic heterocycles. The van der Waals surface area contributed by atoms with E-state index in [1.807, 2.05) is 6.20 Å². The average molecular weight is 410 g/mol. The summed E-state index contributed by atoms with van der Waals surface area (Å²) in [6.07, 6.45) is 3.67. The molecule has 158 valence electrons. The molecule has 3 rings (SSSR count). The first kappa shape index (κ1) is 21.7. The number of halogens is 1. The number of imidazole rings is 1. The standard InChI is InChI=1S/C24H28FN3O2/c1-17-12-18(2)22(19(3)13-17)15-27-9-8-26-23(27)16-28(10-11-30-4)24(29)20-6-5-7-21(25)14-20/h5-9,12-14H,10-11,15-16H2,1-4H3. The summed E-state index contributed by atoms with van der Waals surface area (Å²) < 4.78 is 20.9. The molecule has 0 bridgehead atoms. The fourth-order valence-corrected chi connectivity index (χ4v) is 3.69. The lowest BCUT2D eigenvalue weighted by Crippen LogP contribution is -2.34. The third-order valence-electron chi connectivity index (χ3n) is 5.23. The van der Waals surface area contributed by atoms with Crippen LogP contribution in [0.25, 0.3) is 0 Å². The van der Waals surface area contributed by atoms with Crippen molar-refractivity contribution in [1.82, 2.24) is 14.5 Å². The van der Waals surface area contributed by atoms with Crippen LogP contribution in [-0.4, -0.2) is 40.6 Å². The summed E-state index contributed by atoms with van der Waals surface area (Å²) in [5, 5.41) is 0. The molecular formula is C24H28FN3O2. The predicted molar refractivity (Wildman–Crippen MR) is 115 cm³/mol. The van der Waals surface area contributed by atoms with Crippen molar-refractivity contribution < 1.29 is 13.9 Å². The van der Waals surface area contributed by atoms with Gasteiger partial charge in [-0.15, -0.1) is 0 Å². The molecule has 0 fully saturated rings. The number of nitrogens with zero attached hydrogens (tertiary/aromatic N) is 3. The maximum Gasteiger partial charge on any atom is 0.254 e. The van der Waals surface area contributed by atoms with Gasteiger partial charge in [-0.2, -0.15) is 0 Å². The van der Waals surface area contributed by atoms with Gasteiger partial charge in [0.15, 0.2) is 0 Å². The van der Waals surface area contributed by atoms with Crippen molar-refractivity contribution in [3.05, 3.63) is 88.3 Å². The Morgan fingerprint density at radius 1 is 1.17 bits per heavy atom. The van der Waals surface area contributed by atoms with Crippen LogP contribution in [0.2, 0.25) is 0 Å². The minimum absolute atomic E-state index is 0.246. The van der Waals surface area contributed by atoms with E-state index in [-0.39, 0.29) is 5.91 Å². The first-order valence-corrected chi connectivity index (χ1v) is 9.99. The van der Waals surface area contributed by atoms with Gasteiger partial charge < -0.3 is 14.2 Å². The van der Waals surface area contributed by atoms with E-state index in [2.05, 4.69) is 42.5 Å². The smallest absolute Gasteiger partial charge is 0.254 e. The fraction of sp³-hybridized carbons (Fsp3) is 0.333. The molecule has 1 aromatic heterocycles. The minimum Gasteiger partial charge on any atom is -0.383 e. The number of aryl methyl sites for hydroxylation is 3. The fourth-order valence-electron chi connectivity index (χ4n) is 3.69. The molecule has 0 spiro atoms. The zero-order valence-corrected chi connectivity index (χ0v) is 18.0. The van der Waals surface area contributed by atoms with Crippen molar-refractivity contribution in [2.45, 2.75) is 33.9 Å². The quantitative estimate of drug-likeness (QED) is 0.558. The second kappa shape index (κ2) is 9.67. The van der Waals surface area contributed by atoms with E-state index in [1.165, 1.54) is 34.4 Å². The highest BCUT2D eigenvalue weighted by atomic mass is 19.1. The van der Waals surface area contributed by atoms with Gasteiger partial charge in [-0.25, -0.2) is 9.37 Å². The molecule has 0 aliphatic rings. The molecule has 5 nitrogen and oxygen atoms in total. The molecular weight excluding hydrogens is 381 g/mol. The topological polar surface area (TPSA) is 47.4 Å². The van der Waals surface area contributed by atoms with Crippen LogP contribution in [0, 0.1) is 26.6 Å². The van der Waals surface area contributed by atoms with E-state index in [9.17, 15) is 9.18 Å². The summed E-state index contributed by atoms with van der Waals surface area (Å²) in [4.78, 5) is 19.1. The first-order chi connectivity index (χ1) is 14.4. The normalized spacial score (nSPS) is 11.0. The van der Waals surface area contributed by atoms with Crippen molar-refractivity contribution in [1.29, 1.82) is 0 Å². The second-order valence-corrected chi connectivity index (χ2v) is 7.58. The maximum absolute atomic E-state index is 13.6. The first-order valence-electron chi connectivity index (χ1n) is 9.99. The number of benzene rings is 2. The third-order valence-corrected chi connectivity index (χ3v) is 5.23. The van der Waals surface area contributed by atoms with Gasteiger partial charge in [-0.3, -0.25) is 4.79 Å². The van der Waals surface area contributed by atoms with Gasteiger partial charge in [0, 0.05) is 38.2 Å². The van der Waals surface area contributed by atoms with E-state index in [1.54, 1.807) is 30.3 Å². The van der Waals surface area contributed by atoms with Crippen LogP contribution in [0.4, 0.5) is 4.39 Å². The van der Waals surface area contributed by atoms with Crippen molar-refractivity contribution in [2.24, 2.45) is 0 Å². The van der Waals surface area contributed by atoms with E-state index >= 15 is 0 Å². The Balaban J connectivity index is 1.84. The van der Waals surface area contributed by atoms with E-state index in [4.69, 9.17) is 4.74 Å². The van der Waals surface area contributed by atoms with Gasteiger partial charge >= 0.3 is 0 Å². The van der Waals surface area contributed by atoms with Crippen LogP contribution < -0.4 is 0 Å². The van der Waals surface area contributed by atoms with Crippen molar-refractivity contribution in [3.8, 4) is 0 Å². The molecule has 0 aliphatic carbocycles. The number of methoxy groups -OCH3 is 1. The Bertz CT molecular complexity index is 1010. The van der Waals surface area contributed by atoms with Gasteiger partial charge in [0.1, 0.15) is 11.6 Å². The van der Waals surface area contributed by atoms with Gasteiger partial charge in [0.2, 0.25) is 0 Å². The highest BCUT2D eigenvalue weighted by molar-refractivity contribution is 5.94. The molecule has 6 heteroatoms. The summed E-state index contributed by atoms with van der Waals surface area (Å²) in [5.74, 6) is 0.0957. The molecule has 1 amide bonds. The summed E-state index contributed by atoms with van der Waals surface area (Å²) in [6.45, 7) is 8.10. The minimum atomic E-state index is -0.431. The Morgan fingerprint density at radius 2 is 1.90 bits per heavy atom. The SMILES string of the molecule is COCCN(Cc1nccn1Cc1c(C)cc(C)cc1C)C(=O)c1cccc(F)c1. The lowest BCUT2D eigenvalue weighted by Gasteiger charge is -2.23. The Morgan fingerprint density at radius 3 is 2.57 bits per heavy atom. The lowest BCUT2D eigenvalue weighted by atomic mass is 10.00. The molecule has 30 heavy (non-hydrogen) atoms. The number of ether oxygens (including phenoxy) is 1. The van der Waals surface area contributed by atoms with Crippen molar-refractivity contribution >= 4 is 5.91 Å². The van der Waals surface area contributed by atoms with Gasteiger partial charge in [-0.1, -0.05) is 23.8 Å². The Labute approximate surface area is 177 Å². The summed E-state index contributed by atoms with van der Waals surface area (Å²) in [7, 11) is 1.59. The molecule has 0 saturated heterocycles. The Hall–Kier alpha value is -2.99. The molecule has 0 unspecified atom stereocenters. The predicted octanol–water partition coefficient (Wildman–Crippen LogP) is 4.28. The molecule has 0 atom stereocenters. The number of rotatable bonds is 8. The zero-order valence-electron chi connectivity index (χ0n) is 18.0. The molecule has 2 aromatic carbocycles. The van der Waals surface area contributed by atoms with Gasteiger partial charge in [0.25, 0.3) is 5.91 Å². The lowest BCUT2D eigenvalue weighted by molar-refractivity contribution is 0.0673. The summed E-state index contributed by atoms with van der Waals surface area (Å²) in [6, 6.07) is 10.1. The van der Waals surface area contributed by atoms with Crippen LogP contribution >= 0.6 is 0 Å². The second-order valence-electron chi connectivity index (χ2n) is 7.58. The molecule has 0 radical (unpaired) electrons. The Kier molecular flexibility index (Phi) is 7.00. The van der Waals surface area contributed by atoms with Gasteiger partial charge in [-0.05, 0) is 55.7 Å². The monoisotopic (exact) mass is 409 g/mol. The van der Waals surface area contributed by atoms with Crippen molar-refractivity contribution in [2.75, 3.05) is 20.3 Å². The number of amides is 1. The number of hydrogen-bond acceptors (Lipinski definition) is 3. The van der Waals surface area contributed by atoms with Crippen molar-refractivity contribution in [3.63, 3.8) is 0 Å². The maximum atomic E-state index is 13.6. The molecule has 0 saturated carbocycles. The number of hydrogen-bond donors (Lipinski definition) is 0. The molecule has 0 N–H and O–H groups in total. The van der Waals surface area contributed by atoms with Crippen LogP contribution in [0.1, 0.15) is 38.4 Å². The van der Waals surface area contributed by atoms with E-state index < -0.39 is 5.82 Å². The molecule has 1 heterocycles. The largest absolute Gasteiger partial charge is 0.383 e. The zero-order chi connectivity index (χ0) is 21.7. The van der Waals surface area contributed by atoms with Gasteiger partial charge in [0.05, 0.1) is 13.2 Å². The average Bonchev–Trinajstić information content (AvgIpc) is 3.14. The van der Waals surface area contributed by atoms with Crippen LogP contribution in [0.3, 0.4) is 0 Å². The molecule has 3 aromatic rings. The van der Waals surface area contributed by atoms with Crippen LogP contribution in [0.15, 0.2) is 48.8 Å². The van der Waals surface area contributed by atoms with Crippen LogP contribution in [-0.2, 0) is 17.8 Å². The highest BCUT2D eigenvalue weighted by Gasteiger charge is 2.19.